The first kappa shape index (κ1) is 18.0. The number of nitrogens with zero attached hydrogens (tertiary/aromatic N) is 3. The zero-order valence-electron chi connectivity index (χ0n) is 14.8. The minimum atomic E-state index is -1.16. The van der Waals surface area contributed by atoms with Crippen LogP contribution in [0.25, 0.3) is 11.1 Å². The van der Waals surface area contributed by atoms with E-state index in [4.69, 9.17) is 4.42 Å². The number of benzene rings is 2. The number of amides is 1. The molecule has 2 heterocycles. The molecule has 0 bridgehead atoms. The van der Waals surface area contributed by atoms with Crippen LogP contribution in [0.5, 0.6) is 0 Å². The molecule has 3 aromatic rings. The number of aliphatic carboxylic acids is 1. The number of rotatable bonds is 5. The van der Waals surface area contributed by atoms with Crippen LogP contribution in [0.1, 0.15) is 6.92 Å². The van der Waals surface area contributed by atoms with Gasteiger partial charge < -0.3 is 9.52 Å². The normalized spacial score (nSPS) is 17.2. The van der Waals surface area contributed by atoms with Crippen LogP contribution in [-0.2, 0) is 9.59 Å². The minimum absolute atomic E-state index is 0.0469. The van der Waals surface area contributed by atoms with Gasteiger partial charge in [-0.25, -0.2) is 9.78 Å². The van der Waals surface area contributed by atoms with Crippen LogP contribution in [-0.4, -0.2) is 27.7 Å². The molecular formula is C20H15N3O4S. The minimum Gasteiger partial charge on any atom is -0.477 e. The summed E-state index contributed by atoms with van der Waals surface area (Å²) in [5.41, 5.74) is 2.36. The number of anilines is 1. The molecule has 1 atom stereocenters. The van der Waals surface area contributed by atoms with Gasteiger partial charge in [-0.2, -0.15) is 10.1 Å². The second kappa shape index (κ2) is 7.32. The van der Waals surface area contributed by atoms with E-state index >= 15 is 0 Å². The van der Waals surface area contributed by atoms with Crippen molar-refractivity contribution >= 4 is 46.1 Å². The van der Waals surface area contributed by atoms with E-state index in [0.29, 0.717) is 22.5 Å². The Kier molecular flexibility index (Phi) is 4.70. The molecule has 7 nitrogen and oxygen atoms in total. The van der Waals surface area contributed by atoms with Crippen LogP contribution in [0, 0.1) is 5.92 Å². The van der Waals surface area contributed by atoms with Crippen molar-refractivity contribution in [2.75, 3.05) is 5.01 Å². The SMILES string of the molecule is CC1=NN(c2ccccc2)C(=O)[C@@H]1/C=C(/Sc1nc2ccccc2o1)C(=O)O. The smallest absolute Gasteiger partial charge is 0.342 e. The lowest BCUT2D eigenvalue weighted by atomic mass is 10.0. The van der Waals surface area contributed by atoms with Crippen molar-refractivity contribution < 1.29 is 19.1 Å². The molecule has 0 fully saturated rings. The van der Waals surface area contributed by atoms with Gasteiger partial charge in [-0.15, -0.1) is 0 Å². The van der Waals surface area contributed by atoms with E-state index in [-0.39, 0.29) is 16.0 Å². The molecule has 4 rings (SSSR count). The third-order valence-corrected chi connectivity index (χ3v) is 5.06. The zero-order chi connectivity index (χ0) is 19.7. The van der Waals surface area contributed by atoms with Gasteiger partial charge in [0.25, 0.3) is 11.1 Å². The molecular weight excluding hydrogens is 378 g/mol. The van der Waals surface area contributed by atoms with Crippen LogP contribution in [0.3, 0.4) is 0 Å². The van der Waals surface area contributed by atoms with Gasteiger partial charge in [-0.3, -0.25) is 4.79 Å². The summed E-state index contributed by atoms with van der Waals surface area (Å²) in [6.07, 6.45) is 1.39. The number of carboxylic acid groups (broad SMARTS) is 1. The average Bonchev–Trinajstić information content (AvgIpc) is 3.23. The highest BCUT2D eigenvalue weighted by molar-refractivity contribution is 8.03. The van der Waals surface area contributed by atoms with Gasteiger partial charge in [-0.05, 0) is 49.0 Å². The highest BCUT2D eigenvalue weighted by atomic mass is 32.2. The molecule has 1 N–H and O–H groups in total. The Hall–Kier alpha value is -3.39. The Morgan fingerprint density at radius 2 is 1.89 bits per heavy atom. The predicted molar refractivity (Wildman–Crippen MR) is 106 cm³/mol. The molecule has 1 aliphatic rings. The average molecular weight is 393 g/mol. The lowest BCUT2D eigenvalue weighted by molar-refractivity contribution is -0.131. The maximum atomic E-state index is 12.8. The van der Waals surface area contributed by atoms with Crippen molar-refractivity contribution in [3.05, 3.63) is 65.6 Å². The first-order valence-corrected chi connectivity index (χ1v) is 9.27. The quantitative estimate of drug-likeness (QED) is 0.521. The summed E-state index contributed by atoms with van der Waals surface area (Å²) in [5, 5.41) is 15.4. The van der Waals surface area contributed by atoms with Crippen molar-refractivity contribution in [1.82, 2.24) is 4.98 Å². The van der Waals surface area contributed by atoms with Crippen LogP contribution >= 0.6 is 11.8 Å². The molecule has 28 heavy (non-hydrogen) atoms. The van der Waals surface area contributed by atoms with Gasteiger partial charge in [0.05, 0.1) is 22.2 Å². The molecule has 0 saturated heterocycles. The maximum absolute atomic E-state index is 12.8. The van der Waals surface area contributed by atoms with Crippen molar-refractivity contribution in [1.29, 1.82) is 0 Å². The van der Waals surface area contributed by atoms with E-state index in [1.165, 1.54) is 11.1 Å². The number of thioether (sulfide) groups is 1. The molecule has 8 heteroatoms. The Morgan fingerprint density at radius 3 is 2.61 bits per heavy atom. The summed E-state index contributed by atoms with van der Waals surface area (Å²) < 4.78 is 5.58. The fourth-order valence-electron chi connectivity index (χ4n) is 2.81. The number of carboxylic acids is 1. The Morgan fingerprint density at radius 1 is 1.18 bits per heavy atom. The second-order valence-electron chi connectivity index (χ2n) is 6.09. The van der Waals surface area contributed by atoms with Crippen molar-refractivity contribution in [2.45, 2.75) is 12.1 Å². The summed E-state index contributed by atoms with van der Waals surface area (Å²) in [5.74, 6) is -2.23. The topological polar surface area (TPSA) is 96.0 Å². The van der Waals surface area contributed by atoms with E-state index in [0.717, 1.165) is 11.8 Å². The number of para-hydroxylation sites is 3. The van der Waals surface area contributed by atoms with E-state index in [1.807, 2.05) is 30.3 Å². The number of aromatic nitrogens is 1. The number of hydrogen-bond acceptors (Lipinski definition) is 6. The molecule has 0 unspecified atom stereocenters. The Bertz CT molecular complexity index is 1090. The summed E-state index contributed by atoms with van der Waals surface area (Å²) in [7, 11) is 0. The Labute approximate surface area is 164 Å². The third kappa shape index (κ3) is 3.41. The molecule has 0 aliphatic carbocycles. The monoisotopic (exact) mass is 393 g/mol. The molecule has 140 valence electrons. The Balaban J connectivity index is 1.62. The van der Waals surface area contributed by atoms with Gasteiger partial charge >= 0.3 is 5.97 Å². The highest BCUT2D eigenvalue weighted by Crippen LogP contribution is 2.32. The first-order valence-electron chi connectivity index (χ1n) is 8.45. The van der Waals surface area contributed by atoms with Gasteiger partial charge in [0.15, 0.2) is 5.58 Å². The molecule has 2 aromatic carbocycles. The summed E-state index contributed by atoms with van der Waals surface area (Å²) in [6.45, 7) is 1.70. The standard InChI is InChI=1S/C20H15N3O4S/c1-12-14(18(24)23(22-12)13-7-3-2-4-8-13)11-17(19(25)26)28-20-21-15-9-5-6-10-16(15)27-20/h2-11,14H,1H3,(H,25,26)/b17-11+/t14-/m1/s1. The first-order chi connectivity index (χ1) is 13.5. The van der Waals surface area contributed by atoms with Gasteiger partial charge in [0, 0.05) is 0 Å². The van der Waals surface area contributed by atoms with Gasteiger partial charge in [-0.1, -0.05) is 30.3 Å². The number of carbonyl (C=O) groups is 2. The number of fused-ring (bicyclic) bond motifs is 1. The third-order valence-electron chi connectivity index (χ3n) is 4.18. The zero-order valence-corrected chi connectivity index (χ0v) is 15.6. The number of hydrogen-bond donors (Lipinski definition) is 1. The molecule has 0 saturated carbocycles. The lowest BCUT2D eigenvalue weighted by Gasteiger charge is -2.12. The van der Waals surface area contributed by atoms with Crippen LogP contribution in [0.2, 0.25) is 0 Å². The summed E-state index contributed by atoms with van der Waals surface area (Å²) in [4.78, 5) is 28.8. The van der Waals surface area contributed by atoms with E-state index in [2.05, 4.69) is 10.1 Å². The molecule has 1 aliphatic heterocycles. The maximum Gasteiger partial charge on any atom is 0.342 e. The van der Waals surface area contributed by atoms with E-state index < -0.39 is 11.9 Å². The van der Waals surface area contributed by atoms with Crippen LogP contribution in [0.4, 0.5) is 5.69 Å². The fraction of sp³-hybridized carbons (Fsp3) is 0.100. The number of oxazole rings is 1. The highest BCUT2D eigenvalue weighted by Gasteiger charge is 2.34. The van der Waals surface area contributed by atoms with Crippen molar-refractivity contribution in [3.63, 3.8) is 0 Å². The van der Waals surface area contributed by atoms with Crippen LogP contribution in [0.15, 0.2) is 80.3 Å². The van der Waals surface area contributed by atoms with Crippen molar-refractivity contribution in [3.8, 4) is 0 Å². The van der Waals surface area contributed by atoms with Gasteiger partial charge in [0.2, 0.25) is 0 Å². The van der Waals surface area contributed by atoms with E-state index in [1.54, 1.807) is 31.2 Å². The molecule has 0 spiro atoms. The molecule has 1 amide bonds. The number of carbonyl (C=O) groups excluding carboxylic acids is 1. The largest absolute Gasteiger partial charge is 0.477 e. The fourth-order valence-corrected chi connectivity index (χ4v) is 3.57. The van der Waals surface area contributed by atoms with Crippen LogP contribution < -0.4 is 5.01 Å². The van der Waals surface area contributed by atoms with Crippen molar-refractivity contribution in [2.24, 2.45) is 11.0 Å². The lowest BCUT2D eigenvalue weighted by Crippen LogP contribution is -2.26. The van der Waals surface area contributed by atoms with E-state index in [9.17, 15) is 14.7 Å². The summed E-state index contributed by atoms with van der Waals surface area (Å²) in [6, 6.07) is 16.2. The summed E-state index contributed by atoms with van der Waals surface area (Å²) >= 11 is 0.869. The van der Waals surface area contributed by atoms with Gasteiger partial charge in [0.1, 0.15) is 5.52 Å². The predicted octanol–water partition coefficient (Wildman–Crippen LogP) is 3.93. The number of hydrazone groups is 1. The second-order valence-corrected chi connectivity index (χ2v) is 7.08. The molecule has 0 radical (unpaired) electrons. The molecule has 1 aromatic heterocycles.